The van der Waals surface area contributed by atoms with Gasteiger partial charge in [0, 0.05) is 24.7 Å². The van der Waals surface area contributed by atoms with E-state index in [0.717, 1.165) is 11.8 Å². The van der Waals surface area contributed by atoms with Crippen LogP contribution in [-0.4, -0.2) is 28.4 Å². The third-order valence-corrected chi connectivity index (χ3v) is 2.48. The normalized spacial score (nSPS) is 16.9. The first-order chi connectivity index (χ1) is 6.65. The van der Waals surface area contributed by atoms with Crippen molar-refractivity contribution in [3.63, 3.8) is 0 Å². The number of thioether (sulfide) groups is 1. The zero-order valence-electron chi connectivity index (χ0n) is 7.23. The Kier molecular flexibility index (Phi) is 3.54. The van der Waals surface area contributed by atoms with E-state index in [1.807, 2.05) is 0 Å². The number of carbonyl (C=O) groups excluding carboxylic acids is 2. The molecule has 0 atom stereocenters. The van der Waals surface area contributed by atoms with E-state index in [1.54, 1.807) is 6.07 Å². The molecule has 1 amide bonds. The van der Waals surface area contributed by atoms with Gasteiger partial charge < -0.3 is 9.90 Å². The third kappa shape index (κ3) is 2.50. The molecule has 1 rings (SSSR count). The summed E-state index contributed by atoms with van der Waals surface area (Å²) < 4.78 is 0. The Labute approximate surface area is 85.0 Å². The van der Waals surface area contributed by atoms with Gasteiger partial charge in [-0.2, -0.15) is 5.26 Å². The Bertz CT molecular complexity index is 332. The topological polar surface area (TPSA) is 84.2 Å². The summed E-state index contributed by atoms with van der Waals surface area (Å²) in [5, 5.41) is 18.6. The second-order valence-corrected chi connectivity index (χ2v) is 3.59. The molecular weight excluding hydrogens is 204 g/mol. The van der Waals surface area contributed by atoms with Crippen LogP contribution in [0.1, 0.15) is 6.42 Å². The summed E-state index contributed by atoms with van der Waals surface area (Å²) in [6.07, 6.45) is 0.844. The van der Waals surface area contributed by atoms with Crippen LogP contribution < -0.4 is 5.11 Å². The minimum atomic E-state index is -1.27. The fraction of sp³-hybridized carbons (Fsp3) is 0.375. The highest BCUT2D eigenvalue weighted by molar-refractivity contribution is 8.13. The van der Waals surface area contributed by atoms with E-state index in [1.165, 1.54) is 11.0 Å². The van der Waals surface area contributed by atoms with Crippen molar-refractivity contribution >= 4 is 23.0 Å². The number of carbonyl (C=O) groups is 2. The number of carboxylic acid groups (broad SMARTS) is 1. The molecule has 0 spiro atoms. The first-order valence-corrected chi connectivity index (χ1v) is 4.88. The van der Waals surface area contributed by atoms with Crippen molar-refractivity contribution in [2.24, 2.45) is 0 Å². The average molecular weight is 211 g/mol. The first kappa shape index (κ1) is 10.6. The molecule has 1 fully saturated rings. The van der Waals surface area contributed by atoms with Crippen LogP contribution in [-0.2, 0) is 4.79 Å². The van der Waals surface area contributed by atoms with Crippen molar-refractivity contribution in [3.8, 4) is 6.07 Å². The van der Waals surface area contributed by atoms with E-state index in [2.05, 4.69) is 0 Å². The van der Waals surface area contributed by atoms with Gasteiger partial charge in [-0.1, -0.05) is 11.8 Å². The molecule has 0 aromatic heterocycles. The SMILES string of the molecule is N#C/C(=C\CC(=O)[O-])N1CCSC1=O. The van der Waals surface area contributed by atoms with Crippen molar-refractivity contribution in [2.75, 3.05) is 12.3 Å². The van der Waals surface area contributed by atoms with Gasteiger partial charge in [0.2, 0.25) is 0 Å². The molecule has 6 heteroatoms. The summed E-state index contributed by atoms with van der Waals surface area (Å²) in [5.74, 6) is -0.638. The highest BCUT2D eigenvalue weighted by atomic mass is 32.2. The minimum Gasteiger partial charge on any atom is -0.550 e. The maximum atomic E-state index is 11.2. The van der Waals surface area contributed by atoms with Crippen molar-refractivity contribution in [3.05, 3.63) is 11.8 Å². The highest BCUT2D eigenvalue weighted by Gasteiger charge is 2.24. The van der Waals surface area contributed by atoms with E-state index in [9.17, 15) is 14.7 Å². The van der Waals surface area contributed by atoms with Crippen LogP contribution in [0.2, 0.25) is 0 Å². The second kappa shape index (κ2) is 4.67. The lowest BCUT2D eigenvalue weighted by Crippen LogP contribution is -2.24. The minimum absolute atomic E-state index is 0.0872. The quantitative estimate of drug-likeness (QED) is 0.598. The van der Waals surface area contributed by atoms with Gasteiger partial charge in [-0.25, -0.2) is 0 Å². The summed E-state index contributed by atoms with van der Waals surface area (Å²) >= 11 is 1.12. The second-order valence-electron chi connectivity index (χ2n) is 2.54. The lowest BCUT2D eigenvalue weighted by Gasteiger charge is -2.12. The lowest BCUT2D eigenvalue weighted by molar-refractivity contribution is -0.304. The smallest absolute Gasteiger partial charge is 0.286 e. The average Bonchev–Trinajstić information content (AvgIpc) is 2.53. The maximum Gasteiger partial charge on any atom is 0.286 e. The van der Waals surface area contributed by atoms with Crippen molar-refractivity contribution in [1.29, 1.82) is 5.26 Å². The van der Waals surface area contributed by atoms with Crippen LogP contribution in [0.4, 0.5) is 4.79 Å². The zero-order valence-corrected chi connectivity index (χ0v) is 8.04. The Hall–Kier alpha value is -1.48. The number of hydrogen-bond acceptors (Lipinski definition) is 5. The van der Waals surface area contributed by atoms with Crippen LogP contribution in [0.15, 0.2) is 11.8 Å². The van der Waals surface area contributed by atoms with E-state index in [4.69, 9.17) is 5.26 Å². The first-order valence-electron chi connectivity index (χ1n) is 3.89. The molecular formula is C8H7N2O3S-. The van der Waals surface area contributed by atoms with Gasteiger partial charge >= 0.3 is 0 Å². The molecule has 0 saturated carbocycles. The standard InChI is InChI=1S/C8H8N2O3S/c9-5-6(1-2-7(11)12)10-3-4-14-8(10)13/h1H,2-4H2,(H,11,12)/p-1/b6-1+. The van der Waals surface area contributed by atoms with Gasteiger partial charge in [0.1, 0.15) is 11.8 Å². The molecule has 0 unspecified atom stereocenters. The van der Waals surface area contributed by atoms with Gasteiger partial charge in [0.25, 0.3) is 5.24 Å². The fourth-order valence-electron chi connectivity index (χ4n) is 1.01. The molecule has 1 aliphatic rings. The van der Waals surface area contributed by atoms with Crippen LogP contribution in [0.5, 0.6) is 0 Å². The summed E-state index contributed by atoms with van der Waals surface area (Å²) in [4.78, 5) is 22.6. The molecule has 5 nitrogen and oxygen atoms in total. The lowest BCUT2D eigenvalue weighted by atomic mass is 10.3. The number of nitrogens with zero attached hydrogens (tertiary/aromatic N) is 2. The summed E-state index contributed by atoms with van der Waals surface area (Å²) in [6.45, 7) is 0.454. The zero-order chi connectivity index (χ0) is 10.6. The van der Waals surface area contributed by atoms with Crippen LogP contribution in [0.25, 0.3) is 0 Å². The molecule has 0 aromatic carbocycles. The van der Waals surface area contributed by atoms with E-state index in [0.29, 0.717) is 12.3 Å². The summed E-state index contributed by atoms with van der Waals surface area (Å²) in [7, 11) is 0. The van der Waals surface area contributed by atoms with Crippen molar-refractivity contribution in [1.82, 2.24) is 4.90 Å². The largest absolute Gasteiger partial charge is 0.550 e. The van der Waals surface area contributed by atoms with Gasteiger partial charge in [0.05, 0.1) is 0 Å². The number of nitriles is 1. The van der Waals surface area contributed by atoms with Gasteiger partial charge in [0.15, 0.2) is 0 Å². The molecule has 1 heterocycles. The Morgan fingerprint density at radius 1 is 1.79 bits per heavy atom. The van der Waals surface area contributed by atoms with Gasteiger partial charge in [-0.15, -0.1) is 0 Å². The summed E-state index contributed by atoms with van der Waals surface area (Å²) in [6, 6.07) is 1.79. The van der Waals surface area contributed by atoms with Crippen molar-refractivity contribution < 1.29 is 14.7 Å². The number of aliphatic carboxylic acids is 1. The molecule has 1 aliphatic heterocycles. The Morgan fingerprint density at radius 2 is 2.50 bits per heavy atom. The number of rotatable bonds is 3. The molecule has 0 N–H and O–H groups in total. The fourth-order valence-corrected chi connectivity index (χ4v) is 1.80. The monoisotopic (exact) mass is 211 g/mol. The highest BCUT2D eigenvalue weighted by Crippen LogP contribution is 2.21. The van der Waals surface area contributed by atoms with Crippen molar-refractivity contribution in [2.45, 2.75) is 6.42 Å². The number of allylic oxidation sites excluding steroid dienone is 1. The molecule has 74 valence electrons. The van der Waals surface area contributed by atoms with Gasteiger partial charge in [-0.05, 0) is 6.08 Å². The molecule has 14 heavy (non-hydrogen) atoms. The summed E-state index contributed by atoms with van der Waals surface area (Å²) in [5.41, 5.74) is 0.0872. The maximum absolute atomic E-state index is 11.2. The predicted octanol–water partition coefficient (Wildman–Crippen LogP) is -0.297. The van der Waals surface area contributed by atoms with Crippen LogP contribution >= 0.6 is 11.8 Å². The number of carboxylic acids is 1. The van der Waals surface area contributed by atoms with Crippen LogP contribution in [0, 0.1) is 11.3 Å². The third-order valence-electron chi connectivity index (χ3n) is 1.63. The van der Waals surface area contributed by atoms with E-state index >= 15 is 0 Å². The number of hydrogen-bond donors (Lipinski definition) is 0. The van der Waals surface area contributed by atoms with E-state index < -0.39 is 5.97 Å². The number of amides is 1. The molecule has 0 aliphatic carbocycles. The molecule has 1 saturated heterocycles. The molecule has 0 aromatic rings. The van der Waals surface area contributed by atoms with Gasteiger partial charge in [-0.3, -0.25) is 9.69 Å². The molecule has 0 bridgehead atoms. The van der Waals surface area contributed by atoms with Crippen LogP contribution in [0.3, 0.4) is 0 Å². The predicted molar refractivity (Wildman–Crippen MR) is 47.9 cm³/mol. The van der Waals surface area contributed by atoms with E-state index in [-0.39, 0.29) is 17.4 Å². The Morgan fingerprint density at radius 3 is 2.93 bits per heavy atom. The Balaban J connectivity index is 2.71. The molecule has 0 radical (unpaired) electrons.